The van der Waals surface area contributed by atoms with Gasteiger partial charge in [0.25, 0.3) is 5.91 Å². The van der Waals surface area contributed by atoms with E-state index in [1.807, 2.05) is 54.9 Å². The number of nitrogens with two attached hydrogens (primary N) is 1. The van der Waals surface area contributed by atoms with Gasteiger partial charge in [-0.25, -0.2) is 0 Å². The summed E-state index contributed by atoms with van der Waals surface area (Å²) in [5.41, 5.74) is 6.75. The molecular weight excluding hydrogens is 356 g/mol. The number of carbonyl (C=O) groups excluding carboxylic acids is 3. The number of benzene rings is 1. The lowest BCUT2D eigenvalue weighted by molar-refractivity contribution is -0.688. The van der Waals surface area contributed by atoms with E-state index in [0.717, 1.165) is 5.56 Å². The van der Waals surface area contributed by atoms with Crippen LogP contribution in [0.5, 0.6) is 0 Å². The zero-order valence-electron chi connectivity index (χ0n) is 16.4. The van der Waals surface area contributed by atoms with Crippen molar-refractivity contribution in [3.05, 3.63) is 66.0 Å². The van der Waals surface area contributed by atoms with Crippen molar-refractivity contribution in [1.29, 1.82) is 0 Å². The van der Waals surface area contributed by atoms with Crippen molar-refractivity contribution in [2.24, 2.45) is 11.7 Å². The molecule has 0 fully saturated rings. The second kappa shape index (κ2) is 9.64. The molecular formula is C21H27N4O3+. The molecule has 28 heavy (non-hydrogen) atoms. The van der Waals surface area contributed by atoms with Crippen LogP contribution in [0.2, 0.25) is 0 Å². The minimum absolute atomic E-state index is 0.163. The average Bonchev–Trinajstić information content (AvgIpc) is 2.66. The number of nitrogens with zero attached hydrogens (tertiary/aromatic N) is 1. The number of hydrogen-bond acceptors (Lipinski definition) is 3. The molecule has 0 saturated heterocycles. The summed E-state index contributed by atoms with van der Waals surface area (Å²) in [6, 6.07) is 11.8. The number of primary amides is 1. The van der Waals surface area contributed by atoms with E-state index in [4.69, 9.17) is 5.73 Å². The molecule has 0 aliphatic carbocycles. The molecule has 1 aromatic heterocycles. The highest BCUT2D eigenvalue weighted by atomic mass is 16.2. The molecule has 0 aliphatic heterocycles. The molecule has 1 heterocycles. The molecule has 4 N–H and O–H groups in total. The van der Waals surface area contributed by atoms with Crippen LogP contribution in [0.25, 0.3) is 0 Å². The molecule has 0 radical (unpaired) electrons. The number of aromatic nitrogens is 1. The van der Waals surface area contributed by atoms with Crippen LogP contribution in [0.1, 0.15) is 36.7 Å². The Hall–Kier alpha value is -3.22. The summed E-state index contributed by atoms with van der Waals surface area (Å²) in [7, 11) is 0. The van der Waals surface area contributed by atoms with Crippen molar-refractivity contribution in [2.75, 3.05) is 0 Å². The third kappa shape index (κ3) is 5.90. The van der Waals surface area contributed by atoms with Gasteiger partial charge in [0.05, 0.1) is 0 Å². The molecule has 1 aromatic carbocycles. The average molecular weight is 383 g/mol. The SMILES string of the molecule is CC(C)[C@@H](NC(=O)c1ccc[n+](Cc2ccccc2)c1)C(=O)N[C@@H](C)C(N)=O. The number of hydrogen-bond donors (Lipinski definition) is 3. The summed E-state index contributed by atoms with van der Waals surface area (Å²) in [5, 5.41) is 5.28. The highest BCUT2D eigenvalue weighted by Crippen LogP contribution is 2.05. The van der Waals surface area contributed by atoms with Crippen molar-refractivity contribution in [3.63, 3.8) is 0 Å². The van der Waals surface area contributed by atoms with Gasteiger partial charge in [0.2, 0.25) is 11.8 Å². The van der Waals surface area contributed by atoms with Gasteiger partial charge in [-0.2, -0.15) is 4.57 Å². The van der Waals surface area contributed by atoms with Gasteiger partial charge >= 0.3 is 0 Å². The zero-order valence-corrected chi connectivity index (χ0v) is 16.4. The van der Waals surface area contributed by atoms with Gasteiger partial charge in [0.1, 0.15) is 17.6 Å². The van der Waals surface area contributed by atoms with E-state index in [0.29, 0.717) is 12.1 Å². The molecule has 3 amide bonds. The Morgan fingerprint density at radius 3 is 2.29 bits per heavy atom. The zero-order chi connectivity index (χ0) is 20.7. The Labute approximate surface area is 164 Å². The van der Waals surface area contributed by atoms with Crippen LogP contribution in [0, 0.1) is 5.92 Å². The van der Waals surface area contributed by atoms with E-state index in [-0.39, 0.29) is 11.8 Å². The normalized spacial score (nSPS) is 12.9. The number of pyridine rings is 1. The van der Waals surface area contributed by atoms with Crippen LogP contribution in [-0.2, 0) is 16.1 Å². The smallest absolute Gasteiger partial charge is 0.258 e. The minimum atomic E-state index is -0.810. The second-order valence-electron chi connectivity index (χ2n) is 7.08. The third-order valence-electron chi connectivity index (χ3n) is 4.35. The first kappa shape index (κ1) is 21.1. The van der Waals surface area contributed by atoms with Gasteiger partial charge < -0.3 is 16.4 Å². The number of amides is 3. The van der Waals surface area contributed by atoms with E-state index in [9.17, 15) is 14.4 Å². The predicted molar refractivity (Wildman–Crippen MR) is 105 cm³/mol. The Bertz CT molecular complexity index is 837. The summed E-state index contributed by atoms with van der Waals surface area (Å²) >= 11 is 0. The van der Waals surface area contributed by atoms with Gasteiger partial charge in [-0.05, 0) is 18.9 Å². The Morgan fingerprint density at radius 2 is 1.68 bits per heavy atom. The first-order valence-corrected chi connectivity index (χ1v) is 9.21. The lowest BCUT2D eigenvalue weighted by Crippen LogP contribution is -2.54. The van der Waals surface area contributed by atoms with Crippen LogP contribution in [0.15, 0.2) is 54.9 Å². The van der Waals surface area contributed by atoms with Gasteiger partial charge in [-0.15, -0.1) is 0 Å². The Balaban J connectivity index is 2.10. The maximum absolute atomic E-state index is 12.7. The molecule has 0 unspecified atom stereocenters. The molecule has 7 nitrogen and oxygen atoms in total. The number of nitrogens with one attached hydrogen (secondary N) is 2. The fraction of sp³-hybridized carbons (Fsp3) is 0.333. The lowest BCUT2D eigenvalue weighted by atomic mass is 10.0. The quantitative estimate of drug-likeness (QED) is 0.586. The first-order valence-electron chi connectivity index (χ1n) is 9.21. The van der Waals surface area contributed by atoms with Crippen LogP contribution < -0.4 is 20.9 Å². The van der Waals surface area contributed by atoms with E-state index in [1.54, 1.807) is 18.3 Å². The summed E-state index contributed by atoms with van der Waals surface area (Å²) in [6.07, 6.45) is 3.62. The van der Waals surface area contributed by atoms with Crippen LogP contribution >= 0.6 is 0 Å². The first-order chi connectivity index (χ1) is 13.3. The molecule has 0 aliphatic rings. The summed E-state index contributed by atoms with van der Waals surface area (Å²) in [4.78, 5) is 36.3. The standard InChI is InChI=1S/C21H26N4O3/c1-14(2)18(21(28)23-15(3)19(22)26)24-20(27)17-10-7-11-25(13-17)12-16-8-5-4-6-9-16/h4-11,13-15,18H,12H2,1-3H3,(H3-,22,23,24,26,27,28)/p+1/t15-,18+/m0/s1. The molecule has 7 heteroatoms. The van der Waals surface area contributed by atoms with Crippen molar-refractivity contribution in [1.82, 2.24) is 10.6 Å². The van der Waals surface area contributed by atoms with E-state index in [2.05, 4.69) is 10.6 Å². The third-order valence-corrected chi connectivity index (χ3v) is 4.35. The van der Waals surface area contributed by atoms with Crippen LogP contribution in [0.4, 0.5) is 0 Å². The van der Waals surface area contributed by atoms with Crippen molar-refractivity contribution >= 4 is 17.7 Å². The van der Waals surface area contributed by atoms with Crippen molar-refractivity contribution in [3.8, 4) is 0 Å². The molecule has 2 rings (SSSR count). The lowest BCUT2D eigenvalue weighted by Gasteiger charge is -2.23. The highest BCUT2D eigenvalue weighted by Gasteiger charge is 2.27. The number of rotatable bonds is 8. The molecule has 0 saturated carbocycles. The van der Waals surface area contributed by atoms with Gasteiger partial charge in [0, 0.05) is 11.6 Å². The molecule has 2 aromatic rings. The topological polar surface area (TPSA) is 105 Å². The summed E-state index contributed by atoms with van der Waals surface area (Å²) in [5.74, 6) is -1.60. The fourth-order valence-electron chi connectivity index (χ4n) is 2.68. The molecule has 0 bridgehead atoms. The van der Waals surface area contributed by atoms with E-state index >= 15 is 0 Å². The van der Waals surface area contributed by atoms with E-state index < -0.39 is 23.9 Å². The number of carbonyl (C=O) groups is 3. The van der Waals surface area contributed by atoms with Gasteiger partial charge in [-0.1, -0.05) is 44.2 Å². The molecule has 0 spiro atoms. The highest BCUT2D eigenvalue weighted by molar-refractivity contribution is 5.98. The van der Waals surface area contributed by atoms with E-state index in [1.165, 1.54) is 6.92 Å². The molecule has 2 atom stereocenters. The fourth-order valence-corrected chi connectivity index (χ4v) is 2.68. The maximum atomic E-state index is 12.7. The maximum Gasteiger partial charge on any atom is 0.258 e. The second-order valence-corrected chi connectivity index (χ2v) is 7.08. The molecule has 148 valence electrons. The van der Waals surface area contributed by atoms with Crippen molar-refractivity contribution < 1.29 is 19.0 Å². The summed E-state index contributed by atoms with van der Waals surface area (Å²) < 4.78 is 1.91. The minimum Gasteiger partial charge on any atom is -0.368 e. The van der Waals surface area contributed by atoms with Crippen molar-refractivity contribution in [2.45, 2.75) is 39.4 Å². The monoisotopic (exact) mass is 383 g/mol. The predicted octanol–water partition coefficient (Wildman–Crippen LogP) is 0.767. The largest absolute Gasteiger partial charge is 0.368 e. The summed E-state index contributed by atoms with van der Waals surface area (Å²) in [6.45, 7) is 5.77. The van der Waals surface area contributed by atoms with Crippen LogP contribution in [-0.4, -0.2) is 29.8 Å². The Morgan fingerprint density at radius 1 is 1.00 bits per heavy atom. The van der Waals surface area contributed by atoms with Gasteiger partial charge in [0.15, 0.2) is 18.9 Å². The Kier molecular flexibility index (Phi) is 7.26. The van der Waals surface area contributed by atoms with Crippen LogP contribution in [0.3, 0.4) is 0 Å². The van der Waals surface area contributed by atoms with Gasteiger partial charge in [-0.3, -0.25) is 14.4 Å².